The molecule has 0 unspecified atom stereocenters. The zero-order valence-corrected chi connectivity index (χ0v) is 10.5. The van der Waals surface area contributed by atoms with Gasteiger partial charge in [-0.15, -0.1) is 0 Å². The van der Waals surface area contributed by atoms with Crippen LogP contribution in [0.3, 0.4) is 0 Å². The molecule has 0 spiro atoms. The average Bonchev–Trinajstić information content (AvgIpc) is 2.31. The monoisotopic (exact) mass is 228 g/mol. The molecule has 0 saturated carbocycles. The maximum Gasteiger partial charge on any atom is 0.0372 e. The fourth-order valence-corrected chi connectivity index (χ4v) is 0.918. The summed E-state index contributed by atoms with van der Waals surface area (Å²) in [5, 5.41) is 0. The van der Waals surface area contributed by atoms with Gasteiger partial charge in [0.2, 0.25) is 0 Å². The molecule has 0 amide bonds. The number of aromatic nitrogens is 1. The third-order valence-electron chi connectivity index (χ3n) is 1.72. The van der Waals surface area contributed by atoms with Gasteiger partial charge in [-0.05, 0) is 38.1 Å². The minimum absolute atomic E-state index is 0.716. The summed E-state index contributed by atoms with van der Waals surface area (Å²) < 4.78 is 0. The number of nitrogens with zero attached hydrogens (tertiary/aromatic N) is 1. The lowest BCUT2D eigenvalue weighted by Crippen LogP contribution is -1.90. The van der Waals surface area contributed by atoms with Crippen molar-refractivity contribution in [2.24, 2.45) is 5.73 Å². The van der Waals surface area contributed by atoms with Gasteiger partial charge in [-0.1, -0.05) is 36.9 Å². The first-order chi connectivity index (χ1) is 8.20. The van der Waals surface area contributed by atoms with Crippen LogP contribution in [0.2, 0.25) is 0 Å². The van der Waals surface area contributed by atoms with E-state index in [0.717, 1.165) is 5.69 Å². The van der Waals surface area contributed by atoms with Crippen LogP contribution in [0.1, 0.15) is 12.6 Å². The summed E-state index contributed by atoms with van der Waals surface area (Å²) >= 11 is 0. The summed E-state index contributed by atoms with van der Waals surface area (Å²) in [4.78, 5) is 3.98. The van der Waals surface area contributed by atoms with Crippen molar-refractivity contribution >= 4 is 0 Å². The van der Waals surface area contributed by atoms with Crippen molar-refractivity contribution in [2.45, 2.75) is 13.8 Å². The Labute approximate surface area is 104 Å². The van der Waals surface area contributed by atoms with Gasteiger partial charge in [0.1, 0.15) is 0 Å². The predicted molar refractivity (Wildman–Crippen MR) is 75.4 cm³/mol. The number of nitrogens with two attached hydrogens (primary N) is 1. The molecule has 0 atom stereocenters. The van der Waals surface area contributed by atoms with Crippen molar-refractivity contribution in [1.29, 1.82) is 0 Å². The molecule has 0 radical (unpaired) electrons. The van der Waals surface area contributed by atoms with Gasteiger partial charge in [0.25, 0.3) is 0 Å². The minimum Gasteiger partial charge on any atom is -0.399 e. The fraction of sp³-hybridized carbons (Fsp3) is 0.133. The lowest BCUT2D eigenvalue weighted by atomic mass is 10.3. The molecule has 0 fully saturated rings. The molecular weight excluding hydrogens is 208 g/mol. The highest BCUT2D eigenvalue weighted by atomic mass is 14.6. The number of rotatable bonds is 3. The second-order valence-corrected chi connectivity index (χ2v) is 3.26. The summed E-state index contributed by atoms with van der Waals surface area (Å²) in [5.41, 5.74) is 7.28. The highest BCUT2D eigenvalue weighted by Crippen LogP contribution is 1.87. The Balaban J connectivity index is 0.000000318. The second kappa shape index (κ2) is 10.4. The quantitative estimate of drug-likeness (QED) is 0.804. The summed E-state index contributed by atoms with van der Waals surface area (Å²) in [5.74, 6) is 0. The number of aryl methyl sites for hydroxylation is 1. The van der Waals surface area contributed by atoms with Crippen molar-refractivity contribution < 1.29 is 0 Å². The lowest BCUT2D eigenvalue weighted by Gasteiger charge is -1.85. The summed E-state index contributed by atoms with van der Waals surface area (Å²) in [6.45, 7) is 7.45. The number of allylic oxidation sites excluding steroid dienone is 6. The van der Waals surface area contributed by atoms with Crippen LogP contribution in [-0.2, 0) is 0 Å². The van der Waals surface area contributed by atoms with Crippen molar-refractivity contribution in [3.8, 4) is 0 Å². The van der Waals surface area contributed by atoms with E-state index in [2.05, 4.69) is 11.6 Å². The van der Waals surface area contributed by atoms with E-state index in [0.29, 0.717) is 5.70 Å². The predicted octanol–water partition coefficient (Wildman–Crippen LogP) is 3.54. The Morgan fingerprint density at radius 3 is 2.53 bits per heavy atom. The normalized spacial score (nSPS) is 11.3. The van der Waals surface area contributed by atoms with E-state index in [1.165, 1.54) is 0 Å². The van der Waals surface area contributed by atoms with Crippen molar-refractivity contribution in [3.63, 3.8) is 0 Å². The fourth-order valence-electron chi connectivity index (χ4n) is 0.918. The molecule has 0 aliphatic carbocycles. The number of hydrogen-bond donors (Lipinski definition) is 1. The Kier molecular flexibility index (Phi) is 9.15. The van der Waals surface area contributed by atoms with Crippen LogP contribution in [0.4, 0.5) is 0 Å². The molecule has 0 aromatic carbocycles. The lowest BCUT2D eigenvalue weighted by molar-refractivity contribution is 1.20. The molecular formula is C15H20N2. The molecule has 0 aliphatic rings. The zero-order valence-electron chi connectivity index (χ0n) is 10.5. The van der Waals surface area contributed by atoms with Gasteiger partial charge < -0.3 is 5.73 Å². The van der Waals surface area contributed by atoms with E-state index < -0.39 is 0 Å². The van der Waals surface area contributed by atoms with Crippen LogP contribution in [0, 0.1) is 6.92 Å². The maximum atomic E-state index is 5.49. The first-order valence-electron chi connectivity index (χ1n) is 5.46. The van der Waals surface area contributed by atoms with Crippen molar-refractivity contribution in [3.05, 3.63) is 78.8 Å². The molecule has 2 nitrogen and oxygen atoms in total. The van der Waals surface area contributed by atoms with Crippen LogP contribution in [0.25, 0.3) is 0 Å². The Bertz CT molecular complexity index is 387. The average molecular weight is 228 g/mol. The van der Waals surface area contributed by atoms with E-state index >= 15 is 0 Å². The molecule has 2 N–H and O–H groups in total. The van der Waals surface area contributed by atoms with Crippen LogP contribution in [-0.4, -0.2) is 4.98 Å². The highest BCUT2D eigenvalue weighted by Gasteiger charge is 1.74. The highest BCUT2D eigenvalue weighted by molar-refractivity contribution is 5.22. The first kappa shape index (κ1) is 14.9. The van der Waals surface area contributed by atoms with Gasteiger partial charge in [-0.2, -0.15) is 0 Å². The molecule has 1 heterocycles. The first-order valence-corrected chi connectivity index (χ1v) is 5.46. The maximum absolute atomic E-state index is 5.49. The second-order valence-electron chi connectivity index (χ2n) is 3.26. The zero-order chi connectivity index (χ0) is 12.9. The molecule has 0 saturated heterocycles. The van der Waals surface area contributed by atoms with Gasteiger partial charge in [-0.25, -0.2) is 0 Å². The van der Waals surface area contributed by atoms with Crippen molar-refractivity contribution in [1.82, 2.24) is 4.98 Å². The van der Waals surface area contributed by atoms with Crippen LogP contribution in [0.5, 0.6) is 0 Å². The summed E-state index contributed by atoms with van der Waals surface area (Å²) in [7, 11) is 0. The molecule has 1 aromatic rings. The van der Waals surface area contributed by atoms with Crippen LogP contribution < -0.4 is 5.73 Å². The van der Waals surface area contributed by atoms with E-state index in [1.807, 2.05) is 56.4 Å². The van der Waals surface area contributed by atoms with Gasteiger partial charge in [0.05, 0.1) is 0 Å². The van der Waals surface area contributed by atoms with Crippen molar-refractivity contribution in [2.75, 3.05) is 0 Å². The Hall–Kier alpha value is -2.09. The third kappa shape index (κ3) is 10.2. The van der Waals surface area contributed by atoms with Gasteiger partial charge in [0.15, 0.2) is 0 Å². The van der Waals surface area contributed by atoms with E-state index in [4.69, 9.17) is 5.73 Å². The Morgan fingerprint density at radius 1 is 1.35 bits per heavy atom. The SMILES string of the molecule is C=C\C=C(N)/C=C\C=C/C.Cc1ccccn1. The minimum atomic E-state index is 0.716. The van der Waals surface area contributed by atoms with Crippen LogP contribution >= 0.6 is 0 Å². The van der Waals surface area contributed by atoms with E-state index in [1.54, 1.807) is 18.3 Å². The molecule has 2 heteroatoms. The van der Waals surface area contributed by atoms with Gasteiger partial charge >= 0.3 is 0 Å². The van der Waals surface area contributed by atoms with Gasteiger partial charge in [0, 0.05) is 17.6 Å². The Morgan fingerprint density at radius 2 is 2.12 bits per heavy atom. The van der Waals surface area contributed by atoms with E-state index in [-0.39, 0.29) is 0 Å². The third-order valence-corrected chi connectivity index (χ3v) is 1.72. The van der Waals surface area contributed by atoms with E-state index in [9.17, 15) is 0 Å². The van der Waals surface area contributed by atoms with Crippen LogP contribution in [0.15, 0.2) is 73.1 Å². The number of pyridine rings is 1. The molecule has 17 heavy (non-hydrogen) atoms. The molecule has 1 rings (SSSR count). The number of hydrogen-bond acceptors (Lipinski definition) is 2. The van der Waals surface area contributed by atoms with Gasteiger partial charge in [-0.3, -0.25) is 4.98 Å². The standard InChI is InChI=1S/C9H13N.C6H7N/c1-3-5-6-8-9(10)7-4-2;1-6-4-2-3-5-7-6/h3-8H,2,10H2,1H3;2-5H,1H3/b5-3-,8-6-,9-7+;. The summed E-state index contributed by atoms with van der Waals surface area (Å²) in [6, 6.07) is 5.86. The molecule has 0 bridgehead atoms. The molecule has 1 aromatic heterocycles. The molecule has 0 aliphatic heterocycles. The smallest absolute Gasteiger partial charge is 0.0372 e. The largest absolute Gasteiger partial charge is 0.399 e. The topological polar surface area (TPSA) is 38.9 Å². The summed E-state index contributed by atoms with van der Waals surface area (Å²) in [6.07, 6.45) is 12.8. The molecule has 90 valence electrons.